The lowest BCUT2D eigenvalue weighted by Gasteiger charge is -2.29. The second-order valence-electron chi connectivity index (χ2n) is 2.88. The lowest BCUT2D eigenvalue weighted by Crippen LogP contribution is -2.45. The van der Waals surface area contributed by atoms with E-state index in [2.05, 4.69) is 9.99 Å². The van der Waals surface area contributed by atoms with Gasteiger partial charge < -0.3 is 14.5 Å². The molecule has 1 heterocycles. The molecule has 1 unspecified atom stereocenters. The molecule has 1 aliphatic rings. The summed E-state index contributed by atoms with van der Waals surface area (Å²) in [6.45, 7) is 3.77. The van der Waals surface area contributed by atoms with Crippen LogP contribution in [0.5, 0.6) is 0 Å². The van der Waals surface area contributed by atoms with Crippen molar-refractivity contribution in [3.05, 3.63) is 0 Å². The number of hydrogen-bond donors (Lipinski definition) is 0. The molecule has 5 nitrogen and oxygen atoms in total. The zero-order valence-corrected chi connectivity index (χ0v) is 7.90. The van der Waals surface area contributed by atoms with Crippen LogP contribution in [-0.2, 0) is 14.4 Å². The summed E-state index contributed by atoms with van der Waals surface area (Å²) in [5, 5.41) is 3.41. The van der Waals surface area contributed by atoms with Crippen molar-refractivity contribution in [1.82, 2.24) is 4.90 Å². The van der Waals surface area contributed by atoms with E-state index >= 15 is 0 Å². The number of carbonyl (C=O) groups is 1. The van der Waals surface area contributed by atoms with Crippen LogP contribution in [0.3, 0.4) is 0 Å². The van der Waals surface area contributed by atoms with E-state index in [1.54, 1.807) is 4.90 Å². The highest BCUT2D eigenvalue weighted by atomic mass is 16.6. The Balaban J connectivity index is 2.41. The van der Waals surface area contributed by atoms with Gasteiger partial charge in [-0.1, -0.05) is 5.16 Å². The maximum Gasteiger partial charge on any atom is 0.268 e. The van der Waals surface area contributed by atoms with Gasteiger partial charge in [0.2, 0.25) is 0 Å². The molecule has 0 aromatic carbocycles. The van der Waals surface area contributed by atoms with E-state index in [4.69, 9.17) is 4.74 Å². The molecule has 1 atom stereocenters. The minimum absolute atomic E-state index is 0.105. The average molecular weight is 186 g/mol. The summed E-state index contributed by atoms with van der Waals surface area (Å²) in [6.07, 6.45) is 1.28. The topological polar surface area (TPSA) is 51.1 Å². The number of nitrogens with zero attached hydrogens (tertiary/aromatic N) is 2. The molecule has 0 aromatic heterocycles. The van der Waals surface area contributed by atoms with E-state index < -0.39 is 0 Å². The Bertz CT molecular complexity index is 206. The number of ether oxygens (including phenoxy) is 1. The van der Waals surface area contributed by atoms with Gasteiger partial charge in [-0.15, -0.1) is 0 Å². The van der Waals surface area contributed by atoms with Gasteiger partial charge in [-0.3, -0.25) is 4.79 Å². The Kier molecular flexibility index (Phi) is 3.70. The minimum Gasteiger partial charge on any atom is -0.399 e. The highest BCUT2D eigenvalue weighted by Gasteiger charge is 2.19. The number of morpholine rings is 1. The van der Waals surface area contributed by atoms with Gasteiger partial charge in [-0.2, -0.15) is 0 Å². The van der Waals surface area contributed by atoms with Crippen LogP contribution >= 0.6 is 0 Å². The molecule has 0 saturated carbocycles. The molecular weight excluding hydrogens is 172 g/mol. The van der Waals surface area contributed by atoms with Gasteiger partial charge in [0.1, 0.15) is 13.3 Å². The molecule has 74 valence electrons. The van der Waals surface area contributed by atoms with Crippen LogP contribution in [-0.4, -0.2) is 49.9 Å². The number of oxime groups is 1. The summed E-state index contributed by atoms with van der Waals surface area (Å²) >= 11 is 0. The molecule has 0 N–H and O–H groups in total. The number of hydrogen-bond acceptors (Lipinski definition) is 4. The lowest BCUT2D eigenvalue weighted by atomic mass is 10.3. The zero-order valence-electron chi connectivity index (χ0n) is 7.90. The molecule has 1 saturated heterocycles. The van der Waals surface area contributed by atoms with Crippen LogP contribution < -0.4 is 0 Å². The van der Waals surface area contributed by atoms with Crippen molar-refractivity contribution in [3.63, 3.8) is 0 Å². The SMILES string of the molecule is CO/N=C/C(=O)N1CCOC(C)C1. The van der Waals surface area contributed by atoms with E-state index in [0.29, 0.717) is 19.7 Å². The highest BCUT2D eigenvalue weighted by Crippen LogP contribution is 2.03. The van der Waals surface area contributed by atoms with Gasteiger partial charge in [0, 0.05) is 13.1 Å². The molecule has 1 fully saturated rings. The molecule has 0 spiro atoms. The Labute approximate surface area is 77.3 Å². The van der Waals surface area contributed by atoms with Gasteiger partial charge in [0.05, 0.1) is 12.7 Å². The van der Waals surface area contributed by atoms with Crippen LogP contribution in [0.25, 0.3) is 0 Å². The van der Waals surface area contributed by atoms with Crippen molar-refractivity contribution < 1.29 is 14.4 Å². The highest BCUT2D eigenvalue weighted by molar-refractivity contribution is 6.25. The average Bonchev–Trinajstić information content (AvgIpc) is 2.14. The van der Waals surface area contributed by atoms with Crippen LogP contribution in [0.2, 0.25) is 0 Å². The van der Waals surface area contributed by atoms with Gasteiger partial charge in [0.15, 0.2) is 0 Å². The minimum atomic E-state index is -0.128. The summed E-state index contributed by atoms with van der Waals surface area (Å²) in [5.74, 6) is -0.128. The summed E-state index contributed by atoms with van der Waals surface area (Å²) in [5.41, 5.74) is 0. The molecular formula is C8H14N2O3. The second-order valence-corrected chi connectivity index (χ2v) is 2.88. The maximum atomic E-state index is 11.3. The molecule has 13 heavy (non-hydrogen) atoms. The molecule has 5 heteroatoms. The largest absolute Gasteiger partial charge is 0.399 e. The maximum absolute atomic E-state index is 11.3. The standard InChI is InChI=1S/C8H14N2O3/c1-7-6-10(3-4-13-7)8(11)5-9-12-2/h5,7H,3-4,6H2,1-2H3/b9-5+. The van der Waals surface area contributed by atoms with Crippen LogP contribution in [0, 0.1) is 0 Å². The van der Waals surface area contributed by atoms with Gasteiger partial charge in [0.25, 0.3) is 5.91 Å². The summed E-state index contributed by atoms with van der Waals surface area (Å²) < 4.78 is 5.29. The Hall–Kier alpha value is -1.10. The van der Waals surface area contributed by atoms with Crippen molar-refractivity contribution in [3.8, 4) is 0 Å². The Morgan fingerprint density at radius 2 is 2.54 bits per heavy atom. The quantitative estimate of drug-likeness (QED) is 0.445. The molecule has 1 amide bonds. The van der Waals surface area contributed by atoms with Crippen LogP contribution in [0.1, 0.15) is 6.92 Å². The van der Waals surface area contributed by atoms with E-state index in [1.165, 1.54) is 13.3 Å². The summed E-state index contributed by atoms with van der Waals surface area (Å²) in [6, 6.07) is 0. The summed E-state index contributed by atoms with van der Waals surface area (Å²) in [4.78, 5) is 17.5. The molecule has 0 aliphatic carbocycles. The van der Waals surface area contributed by atoms with Gasteiger partial charge in [-0.25, -0.2) is 0 Å². The third kappa shape index (κ3) is 3.02. The zero-order chi connectivity index (χ0) is 9.68. The predicted octanol–water partition coefficient (Wildman–Crippen LogP) is -0.134. The molecule has 0 bridgehead atoms. The van der Waals surface area contributed by atoms with Gasteiger partial charge >= 0.3 is 0 Å². The third-order valence-electron chi connectivity index (χ3n) is 1.82. The fraction of sp³-hybridized carbons (Fsp3) is 0.750. The van der Waals surface area contributed by atoms with Crippen molar-refractivity contribution in [2.45, 2.75) is 13.0 Å². The van der Waals surface area contributed by atoms with Crippen LogP contribution in [0.15, 0.2) is 5.16 Å². The Morgan fingerprint density at radius 1 is 1.77 bits per heavy atom. The van der Waals surface area contributed by atoms with E-state index in [1.807, 2.05) is 6.92 Å². The fourth-order valence-corrected chi connectivity index (χ4v) is 1.20. The van der Waals surface area contributed by atoms with Gasteiger partial charge in [-0.05, 0) is 6.92 Å². The lowest BCUT2D eigenvalue weighted by molar-refractivity contribution is -0.130. The first-order valence-electron chi connectivity index (χ1n) is 4.21. The van der Waals surface area contributed by atoms with Crippen molar-refractivity contribution in [1.29, 1.82) is 0 Å². The Morgan fingerprint density at radius 3 is 3.15 bits per heavy atom. The smallest absolute Gasteiger partial charge is 0.268 e. The number of carbonyl (C=O) groups excluding carboxylic acids is 1. The van der Waals surface area contributed by atoms with Crippen LogP contribution in [0.4, 0.5) is 0 Å². The molecule has 1 aliphatic heterocycles. The van der Waals surface area contributed by atoms with E-state index in [9.17, 15) is 4.79 Å². The summed E-state index contributed by atoms with van der Waals surface area (Å²) in [7, 11) is 1.41. The normalized spacial score (nSPS) is 23.5. The number of rotatable bonds is 2. The monoisotopic (exact) mass is 186 g/mol. The van der Waals surface area contributed by atoms with E-state index in [0.717, 1.165) is 0 Å². The first-order valence-corrected chi connectivity index (χ1v) is 4.21. The predicted molar refractivity (Wildman–Crippen MR) is 47.5 cm³/mol. The van der Waals surface area contributed by atoms with Crippen molar-refractivity contribution in [2.24, 2.45) is 5.16 Å². The van der Waals surface area contributed by atoms with Crippen molar-refractivity contribution >= 4 is 12.1 Å². The first-order chi connectivity index (χ1) is 6.24. The fourth-order valence-electron chi connectivity index (χ4n) is 1.20. The molecule has 0 radical (unpaired) electrons. The third-order valence-corrected chi connectivity index (χ3v) is 1.82. The molecule has 0 aromatic rings. The second kappa shape index (κ2) is 4.81. The van der Waals surface area contributed by atoms with E-state index in [-0.39, 0.29) is 12.0 Å². The first kappa shape index (κ1) is 9.98. The number of amides is 1. The molecule has 1 rings (SSSR count). The van der Waals surface area contributed by atoms with Crippen molar-refractivity contribution in [2.75, 3.05) is 26.8 Å².